The van der Waals surface area contributed by atoms with Gasteiger partial charge >= 0.3 is 41.8 Å². The van der Waals surface area contributed by atoms with E-state index in [0.29, 0.717) is 0 Å². The van der Waals surface area contributed by atoms with Gasteiger partial charge in [-0.05, 0) is 85.2 Å². The topological polar surface area (TPSA) is 674 Å². The standard InChI is InChI=1S/C70H112O42S7/c71-36(72)8-1-15-113-22-29-57-43(85)50(92)64(99-29)107-58-30(23-114-16-2-9-37(73)74)101-66(52(94)45(58)87)109-60-32(25-116-18-4-11-39(77)78)103-68(54(96)47(60)89)111-62-34(27-118-20-6-13-41(81)82)105-70(56(98)49(62)91)112-63-35(28-119-21-7-14-42(83)84)104-69(55(97)48(63)90)110-61-33(26-117-19-5-12-40(79)80)102-67(53(95)46(61)88)108-59-31(24-115-17-3-10-38(75)76)100-65(106-57)51(93)44(59)86/h29-35,43-70,85-98H,1-28H2,(H,71,72)(H,73,74)(H,75,76)(H,77,78)(H,79,80)(H,81,82)(H,83,84)/t29-,30-,31-,32-,33+,34+,35+,43-,44-,45+,46-,47-,48-,49+,50+,51-,52+,53-,54-,55-,56-,57-,58-,59-,60-,61-,62-,63-,64-,65-,66-,67-,68-,69-,70-/m1/s1. The number of carbonyl (C=O) groups is 7. The molecule has 21 aliphatic rings. The Hall–Kier alpha value is -2.38. The van der Waals surface area contributed by atoms with Crippen LogP contribution < -0.4 is 0 Å². The van der Waals surface area contributed by atoms with Crippen LogP contribution in [-0.4, -0.2) is 445 Å². The van der Waals surface area contributed by atoms with Crippen molar-refractivity contribution in [1.29, 1.82) is 0 Å². The van der Waals surface area contributed by atoms with Gasteiger partial charge in [0.25, 0.3) is 0 Å². The third-order valence-electron chi connectivity index (χ3n) is 20.3. The number of carboxylic acids is 7. The van der Waals surface area contributed by atoms with Crippen molar-refractivity contribution in [1.82, 2.24) is 0 Å². The zero-order chi connectivity index (χ0) is 86.9. The maximum Gasteiger partial charge on any atom is 0.303 e. The number of thioether (sulfide) groups is 7. The molecular formula is C70H112O42S7. The molecule has 21 N–H and O–H groups in total. The molecule has 0 spiro atoms. The number of aliphatic hydroxyl groups is 14. The molecule has 0 aromatic carbocycles. The first-order valence-electron chi connectivity index (χ1n) is 38.9. The summed E-state index contributed by atoms with van der Waals surface area (Å²) in [6.45, 7) is 0. The maximum absolute atomic E-state index is 12.3. The molecule has 21 aliphatic heterocycles. The average molecular weight is 1850 g/mol. The number of ether oxygens (including phenoxy) is 14. The Kier molecular flexibility index (Phi) is 43.7. The molecule has 14 bridgehead atoms. The number of aliphatic carboxylic acids is 7. The van der Waals surface area contributed by atoms with Gasteiger partial charge in [-0.2, -0.15) is 82.3 Å². The Balaban J connectivity index is 1.22. The maximum atomic E-state index is 12.3. The van der Waals surface area contributed by atoms with Crippen molar-refractivity contribution in [2.75, 3.05) is 80.5 Å². The van der Waals surface area contributed by atoms with Crippen molar-refractivity contribution >= 4 is 124 Å². The first-order chi connectivity index (χ1) is 56.6. The monoisotopic (exact) mass is 1850 g/mol. The summed E-state index contributed by atoms with van der Waals surface area (Å²) in [5, 5.41) is 238. The molecule has 35 atom stereocenters. The van der Waals surface area contributed by atoms with Crippen LogP contribution in [0.2, 0.25) is 0 Å². The second kappa shape index (κ2) is 51.0. The van der Waals surface area contributed by atoms with Crippen molar-refractivity contribution in [2.24, 2.45) is 0 Å². The van der Waals surface area contributed by atoms with Gasteiger partial charge in [-0.3, -0.25) is 33.6 Å². The smallest absolute Gasteiger partial charge is 0.303 e. The van der Waals surface area contributed by atoms with E-state index in [2.05, 4.69) is 0 Å². The molecule has 686 valence electrons. The number of hydrogen-bond acceptors (Lipinski definition) is 42. The fourth-order valence-electron chi connectivity index (χ4n) is 14.0. The molecule has 0 aromatic rings. The predicted molar refractivity (Wildman–Crippen MR) is 418 cm³/mol. The van der Waals surface area contributed by atoms with Gasteiger partial charge in [0, 0.05) is 85.2 Å². The number of hydrogen-bond donors (Lipinski definition) is 21. The van der Waals surface area contributed by atoms with E-state index >= 15 is 0 Å². The van der Waals surface area contributed by atoms with Crippen molar-refractivity contribution in [3.8, 4) is 0 Å². The summed E-state index contributed by atoms with van der Waals surface area (Å²) in [5.41, 5.74) is 0. The second-order valence-electron chi connectivity index (χ2n) is 29.4. The van der Waals surface area contributed by atoms with Crippen LogP contribution in [0.1, 0.15) is 89.9 Å². The molecule has 49 heteroatoms. The minimum absolute atomic E-state index is 0.0923. The lowest BCUT2D eigenvalue weighted by Gasteiger charge is -2.50. The van der Waals surface area contributed by atoms with Crippen LogP contribution in [0.5, 0.6) is 0 Å². The Labute approximate surface area is 712 Å². The molecule has 21 fully saturated rings. The van der Waals surface area contributed by atoms with Crippen LogP contribution >= 0.6 is 82.3 Å². The van der Waals surface area contributed by atoms with Crippen LogP contribution in [0.3, 0.4) is 0 Å². The lowest BCUT2D eigenvalue weighted by molar-refractivity contribution is -0.389. The predicted octanol–water partition coefficient (Wildman–Crippen LogP) is -3.99. The van der Waals surface area contributed by atoms with Gasteiger partial charge < -0.3 is 174 Å². The Morgan fingerprint density at radius 3 is 0.387 bits per heavy atom. The molecule has 21 heterocycles. The van der Waals surface area contributed by atoms with Crippen LogP contribution in [0.15, 0.2) is 0 Å². The summed E-state index contributed by atoms with van der Waals surface area (Å²) >= 11 is 7.45. The Bertz CT molecular complexity index is 2550. The summed E-state index contributed by atoms with van der Waals surface area (Å²) in [7, 11) is 0. The van der Waals surface area contributed by atoms with E-state index in [4.69, 9.17) is 66.3 Å². The van der Waals surface area contributed by atoms with Crippen molar-refractivity contribution in [3.05, 3.63) is 0 Å². The molecule has 0 saturated carbocycles. The van der Waals surface area contributed by atoms with E-state index in [1.165, 1.54) is 0 Å². The number of rotatable bonds is 42. The van der Waals surface area contributed by atoms with Gasteiger partial charge in [0.15, 0.2) is 44.0 Å². The van der Waals surface area contributed by atoms with E-state index in [-0.39, 0.29) is 170 Å². The molecule has 0 radical (unpaired) electrons. The van der Waals surface area contributed by atoms with Crippen molar-refractivity contribution < 1.29 is 207 Å². The number of aliphatic hydroxyl groups excluding tert-OH is 14. The van der Waals surface area contributed by atoms with Gasteiger partial charge in [0.1, 0.15) is 128 Å². The third kappa shape index (κ3) is 30.4. The second-order valence-corrected chi connectivity index (χ2v) is 37.4. The lowest BCUT2D eigenvalue weighted by Crippen LogP contribution is -2.68. The van der Waals surface area contributed by atoms with E-state index in [1.807, 2.05) is 0 Å². The summed E-state index contributed by atoms with van der Waals surface area (Å²) in [6.07, 6.45) is -69.5. The van der Waals surface area contributed by atoms with Crippen LogP contribution in [0.25, 0.3) is 0 Å². The molecule has 119 heavy (non-hydrogen) atoms. The highest BCUT2D eigenvalue weighted by Gasteiger charge is 2.60. The van der Waals surface area contributed by atoms with Crippen molar-refractivity contribution in [2.45, 2.75) is 305 Å². The summed E-state index contributed by atoms with van der Waals surface area (Å²) in [5.74, 6) is -8.74. The van der Waals surface area contributed by atoms with Crippen LogP contribution in [0.4, 0.5) is 0 Å². The van der Waals surface area contributed by atoms with Crippen LogP contribution in [-0.2, 0) is 99.9 Å². The highest BCUT2D eigenvalue weighted by Crippen LogP contribution is 2.42. The van der Waals surface area contributed by atoms with E-state index in [0.717, 1.165) is 82.3 Å². The quantitative estimate of drug-likeness (QED) is 0.0259. The molecular weight excluding hydrogens is 1740 g/mol. The largest absolute Gasteiger partial charge is 0.481 e. The lowest BCUT2D eigenvalue weighted by atomic mass is 9.95. The molecule has 0 unspecified atom stereocenters. The normalized spacial score (nSPS) is 39.8. The molecule has 0 aromatic heterocycles. The first kappa shape index (κ1) is 102. The van der Waals surface area contributed by atoms with Gasteiger partial charge in [-0.25, -0.2) is 0 Å². The molecule has 0 amide bonds. The highest BCUT2D eigenvalue weighted by molar-refractivity contribution is 8.00. The molecule has 21 saturated heterocycles. The molecule has 42 nitrogen and oxygen atoms in total. The van der Waals surface area contributed by atoms with Gasteiger partial charge in [-0.15, -0.1) is 0 Å². The fraction of sp³-hybridized carbons (Fsp3) is 0.900. The zero-order valence-electron chi connectivity index (χ0n) is 64.3. The van der Waals surface area contributed by atoms with E-state index in [1.54, 1.807) is 0 Å². The first-order valence-corrected chi connectivity index (χ1v) is 47.0. The minimum Gasteiger partial charge on any atom is -0.481 e. The average Bonchev–Trinajstić information content (AvgIpc) is 0.957. The summed E-state index contributed by atoms with van der Waals surface area (Å²) < 4.78 is 89.0. The van der Waals surface area contributed by atoms with Gasteiger partial charge in [-0.1, -0.05) is 0 Å². The van der Waals surface area contributed by atoms with Gasteiger partial charge in [0.05, 0.1) is 42.7 Å². The molecule has 21 rings (SSSR count). The zero-order valence-corrected chi connectivity index (χ0v) is 70.0. The van der Waals surface area contributed by atoms with E-state index < -0.39 is 257 Å². The highest BCUT2D eigenvalue weighted by atomic mass is 32.2. The van der Waals surface area contributed by atoms with Gasteiger partial charge in [0.2, 0.25) is 0 Å². The Morgan fingerprint density at radius 1 is 0.176 bits per heavy atom. The number of carboxylic acid groups (broad SMARTS) is 7. The minimum atomic E-state index is -2.23. The Morgan fingerprint density at radius 2 is 0.286 bits per heavy atom. The summed E-state index contributed by atoms with van der Waals surface area (Å²) in [4.78, 5) is 81.2. The summed E-state index contributed by atoms with van der Waals surface area (Å²) in [6, 6.07) is 0. The van der Waals surface area contributed by atoms with Crippen molar-refractivity contribution in [3.63, 3.8) is 0 Å². The van der Waals surface area contributed by atoms with Crippen LogP contribution in [0, 0.1) is 0 Å². The third-order valence-corrected chi connectivity index (χ3v) is 28.2. The fourth-order valence-corrected chi connectivity index (χ4v) is 21.1. The van der Waals surface area contributed by atoms with E-state index in [9.17, 15) is 141 Å². The SMILES string of the molecule is O=C(O)CCCSC[C@@H]1O[C@@H]2O[C@H]3[C@H](O)[C@@H](O)[C@@H](O[C@H]4[C@H](O)[C@H](O)[C@@H](O[C@H]5[C@@H](O)[C@H](O)[C@@H](O[C@H]6[C@H](O)[C@@H](O)[C@@H](O[C@H]7[C@@H](O)[C@@H](O)[C@@H](O[C@H]8[C@H](O)[C@@H](O)[C@@H](O[C@H]1[C@H](O)[C@H]2O)O[C@H]8CSCCCC(=O)O)O[C@H]7CSCCCC(=O)O)O[C@@H]6CSCCCC(=O)O)O[C@@H]5CSCCCC(=O)O)O[C@@H]4CSCCCC(=O)O)O[C@@H]3CSCCCC(=O)O. The molecule has 0 aliphatic carbocycles.